The molecule has 0 fully saturated rings. The Morgan fingerprint density at radius 2 is 0.923 bits per heavy atom. The van der Waals surface area contributed by atoms with E-state index in [1.807, 2.05) is 0 Å². The number of benzene rings is 4. The second kappa shape index (κ2) is 11.7. The van der Waals surface area contributed by atoms with Gasteiger partial charge in [-0.1, -0.05) is 24.3 Å². The van der Waals surface area contributed by atoms with Gasteiger partial charge in [-0.3, -0.25) is 0 Å². The maximum atomic E-state index is 12.5. The molecule has 0 aliphatic heterocycles. The minimum atomic E-state index is -3.97. The Balaban J connectivity index is 1.36. The van der Waals surface area contributed by atoms with Crippen LogP contribution in [0.25, 0.3) is 0 Å². The monoisotopic (exact) mass is 566 g/mol. The van der Waals surface area contributed by atoms with Crippen LogP contribution in [-0.2, 0) is 20.0 Å². The molecule has 0 aliphatic rings. The third kappa shape index (κ3) is 7.12. The zero-order valence-corrected chi connectivity index (χ0v) is 21.7. The van der Waals surface area contributed by atoms with Gasteiger partial charge in [-0.25, -0.2) is 9.66 Å². The number of rotatable bonds is 10. The van der Waals surface area contributed by atoms with Crippen LogP contribution in [0, 0.1) is 0 Å². The minimum Gasteiger partial charge on any atom is -0.507 e. The molecule has 4 aromatic rings. The molecular weight excluding hydrogens is 544 g/mol. The maximum Gasteiger partial charge on any atom is 0.276 e. The normalized spacial score (nSPS) is 12.0. The predicted molar refractivity (Wildman–Crippen MR) is 145 cm³/mol. The van der Waals surface area contributed by atoms with Crippen LogP contribution < -0.4 is 14.4 Å². The van der Waals surface area contributed by atoms with E-state index in [0.29, 0.717) is 22.6 Å². The van der Waals surface area contributed by atoms with Gasteiger partial charge in [0.25, 0.3) is 20.0 Å². The van der Waals surface area contributed by atoms with Gasteiger partial charge in [0.1, 0.15) is 23.0 Å². The molecular formula is C26H22N4O7S2. The third-order valence-electron chi connectivity index (χ3n) is 5.13. The Labute approximate surface area is 224 Å². The highest BCUT2D eigenvalue weighted by atomic mass is 32.2. The topological polar surface area (TPSA) is 167 Å². The fourth-order valence-electron chi connectivity index (χ4n) is 3.14. The van der Waals surface area contributed by atoms with Crippen molar-refractivity contribution in [2.45, 2.75) is 9.79 Å². The Bertz CT molecular complexity index is 1590. The molecule has 4 aromatic carbocycles. The van der Waals surface area contributed by atoms with E-state index in [0.717, 1.165) is 0 Å². The van der Waals surface area contributed by atoms with Gasteiger partial charge in [0.15, 0.2) is 0 Å². The molecule has 0 aromatic heterocycles. The van der Waals surface area contributed by atoms with Gasteiger partial charge in [0.2, 0.25) is 0 Å². The number of hydrogen-bond donors (Lipinski definition) is 4. The molecule has 0 bridgehead atoms. The van der Waals surface area contributed by atoms with E-state index in [1.165, 1.54) is 73.1 Å². The van der Waals surface area contributed by atoms with Gasteiger partial charge >= 0.3 is 0 Å². The van der Waals surface area contributed by atoms with Crippen LogP contribution in [0.3, 0.4) is 0 Å². The summed E-state index contributed by atoms with van der Waals surface area (Å²) in [5, 5.41) is 26.8. The molecule has 0 atom stereocenters. The number of hydrogen-bond acceptors (Lipinski definition) is 9. The highest BCUT2D eigenvalue weighted by Gasteiger charge is 2.15. The van der Waals surface area contributed by atoms with Crippen LogP contribution >= 0.6 is 0 Å². The van der Waals surface area contributed by atoms with E-state index >= 15 is 0 Å². The summed E-state index contributed by atoms with van der Waals surface area (Å²) < 4.78 is 55.5. The molecule has 0 spiro atoms. The summed E-state index contributed by atoms with van der Waals surface area (Å²) in [5.41, 5.74) is 0.692. The summed E-state index contributed by atoms with van der Waals surface area (Å²) in [4.78, 5) is 4.01. The number of hydrazone groups is 2. The smallest absolute Gasteiger partial charge is 0.276 e. The van der Waals surface area contributed by atoms with Crippen LogP contribution in [0.4, 0.5) is 0 Å². The number of nitrogens with one attached hydrogen (secondary N) is 2. The van der Waals surface area contributed by atoms with Gasteiger partial charge in [0.05, 0.1) is 22.2 Å². The van der Waals surface area contributed by atoms with E-state index in [9.17, 15) is 27.0 Å². The van der Waals surface area contributed by atoms with Crippen molar-refractivity contribution in [3.05, 3.63) is 108 Å². The lowest BCUT2D eigenvalue weighted by Crippen LogP contribution is -2.18. The first-order valence-electron chi connectivity index (χ1n) is 11.2. The summed E-state index contributed by atoms with van der Waals surface area (Å²) in [6, 6.07) is 23.7. The second-order valence-electron chi connectivity index (χ2n) is 7.87. The molecule has 0 amide bonds. The van der Waals surface area contributed by atoms with Crippen molar-refractivity contribution in [3.8, 4) is 23.0 Å². The molecule has 0 saturated heterocycles. The van der Waals surface area contributed by atoms with Gasteiger partial charge in [0, 0.05) is 11.1 Å². The molecule has 13 heteroatoms. The van der Waals surface area contributed by atoms with Crippen LogP contribution in [0.5, 0.6) is 23.0 Å². The number of aromatic hydroxyl groups is 2. The lowest BCUT2D eigenvalue weighted by Gasteiger charge is -2.09. The van der Waals surface area contributed by atoms with Gasteiger partial charge < -0.3 is 14.9 Å². The average Bonchev–Trinajstić information content (AvgIpc) is 2.91. The number of para-hydroxylation sites is 2. The summed E-state index contributed by atoms with van der Waals surface area (Å²) in [6.07, 6.45) is 2.37. The lowest BCUT2D eigenvalue weighted by atomic mass is 10.2. The summed E-state index contributed by atoms with van der Waals surface area (Å²) in [7, 11) is -7.93. The Morgan fingerprint density at radius 3 is 1.28 bits per heavy atom. The molecule has 4 N–H and O–H groups in total. The number of phenols is 2. The van der Waals surface area contributed by atoms with Crippen LogP contribution in [0.15, 0.2) is 117 Å². The fourth-order valence-corrected chi connectivity index (χ4v) is 4.72. The standard InChI is InChI=1S/C26H22N4O7S2/c31-25-7-3-1-5-19(25)17-27-29-38(33,34)23-13-9-21(10-14-23)37-22-11-15-24(16-12-22)39(35,36)30-28-18-20-6-2-4-8-26(20)32/h1-18,29-32H/b27-17-,28-18-. The zero-order valence-electron chi connectivity index (χ0n) is 20.0. The van der Waals surface area contributed by atoms with Crippen LogP contribution in [-0.4, -0.2) is 39.5 Å². The van der Waals surface area contributed by atoms with Gasteiger partial charge in [-0.05, 0) is 72.8 Å². The van der Waals surface area contributed by atoms with Crippen molar-refractivity contribution in [2.24, 2.45) is 10.2 Å². The van der Waals surface area contributed by atoms with Gasteiger partial charge in [-0.15, -0.1) is 0 Å². The van der Waals surface area contributed by atoms with Crippen LogP contribution in [0.2, 0.25) is 0 Å². The Morgan fingerprint density at radius 1 is 0.564 bits per heavy atom. The second-order valence-corrected chi connectivity index (χ2v) is 11.2. The van der Waals surface area contributed by atoms with E-state index in [1.54, 1.807) is 36.4 Å². The SMILES string of the molecule is O=S(=O)(N/N=C\c1ccccc1O)c1ccc(Oc2ccc(S(=O)(=O)N/N=C\c3ccccc3O)cc2)cc1. The molecule has 200 valence electrons. The van der Waals surface area contributed by atoms with Crippen LogP contribution in [0.1, 0.15) is 11.1 Å². The number of nitrogens with zero attached hydrogens (tertiary/aromatic N) is 2. The van der Waals surface area contributed by atoms with Crippen molar-refractivity contribution in [1.82, 2.24) is 9.66 Å². The first-order valence-corrected chi connectivity index (χ1v) is 14.1. The van der Waals surface area contributed by atoms with Crippen molar-refractivity contribution in [1.29, 1.82) is 0 Å². The Kier molecular flexibility index (Phi) is 8.13. The largest absolute Gasteiger partial charge is 0.507 e. The average molecular weight is 567 g/mol. The highest BCUT2D eigenvalue weighted by Crippen LogP contribution is 2.24. The third-order valence-corrected chi connectivity index (χ3v) is 7.61. The zero-order chi connectivity index (χ0) is 27.9. The quantitative estimate of drug-likeness (QED) is 0.168. The fraction of sp³-hybridized carbons (Fsp3) is 0. The molecule has 39 heavy (non-hydrogen) atoms. The van der Waals surface area contributed by atoms with Gasteiger partial charge in [-0.2, -0.15) is 27.0 Å². The van der Waals surface area contributed by atoms with Crippen molar-refractivity contribution < 1.29 is 31.8 Å². The lowest BCUT2D eigenvalue weighted by molar-refractivity contribution is 0.474. The first kappa shape index (κ1) is 27.2. The minimum absolute atomic E-state index is 0.0402. The summed E-state index contributed by atoms with van der Waals surface area (Å²) >= 11 is 0. The molecule has 0 radical (unpaired) electrons. The number of sulfonamides is 2. The molecule has 0 unspecified atom stereocenters. The number of phenolic OH excluding ortho intramolecular Hbond substituents is 2. The highest BCUT2D eigenvalue weighted by molar-refractivity contribution is 7.89. The summed E-state index contributed by atoms with van der Waals surface area (Å²) in [5.74, 6) is 0.545. The molecule has 0 saturated carbocycles. The molecule has 0 aliphatic carbocycles. The molecule has 4 rings (SSSR count). The van der Waals surface area contributed by atoms with E-state index in [-0.39, 0.29) is 21.3 Å². The van der Waals surface area contributed by atoms with E-state index in [4.69, 9.17) is 4.74 Å². The first-order chi connectivity index (χ1) is 18.6. The molecule has 11 nitrogen and oxygen atoms in total. The van der Waals surface area contributed by atoms with E-state index in [2.05, 4.69) is 19.9 Å². The Hall–Kier alpha value is -4.88. The molecule has 0 heterocycles. The van der Waals surface area contributed by atoms with Crippen molar-refractivity contribution in [2.75, 3.05) is 0 Å². The van der Waals surface area contributed by atoms with E-state index < -0.39 is 20.0 Å². The maximum absolute atomic E-state index is 12.5. The van der Waals surface area contributed by atoms with Crippen molar-refractivity contribution >= 4 is 32.5 Å². The summed E-state index contributed by atoms with van der Waals surface area (Å²) in [6.45, 7) is 0. The predicted octanol–water partition coefficient (Wildman–Crippen LogP) is 3.51. The number of ether oxygens (including phenoxy) is 1. The van der Waals surface area contributed by atoms with Crippen molar-refractivity contribution in [3.63, 3.8) is 0 Å².